The highest BCUT2D eigenvalue weighted by Crippen LogP contribution is 2.23. The minimum atomic E-state index is 0.104. The zero-order valence-corrected chi connectivity index (χ0v) is 12.2. The Morgan fingerprint density at radius 1 is 1.56 bits per heavy atom. The van der Waals surface area contributed by atoms with Gasteiger partial charge in [0, 0.05) is 16.7 Å². The molecule has 1 amide bonds. The Bertz CT molecular complexity index is 428. The number of halogens is 1. The molecule has 0 aromatic heterocycles. The Labute approximate surface area is 116 Å². The maximum Gasteiger partial charge on any atom is 0.228 e. The number of piperidine rings is 1. The number of hydrogen-bond donors (Lipinski definition) is 2. The molecule has 1 heterocycles. The van der Waals surface area contributed by atoms with Gasteiger partial charge in [0.05, 0.1) is 5.92 Å². The van der Waals surface area contributed by atoms with E-state index in [1.54, 1.807) is 0 Å². The molecule has 2 N–H and O–H groups in total. The summed E-state index contributed by atoms with van der Waals surface area (Å²) >= 11 is 3.46. The van der Waals surface area contributed by atoms with Crippen LogP contribution in [-0.4, -0.2) is 19.0 Å². The number of nitrogens with one attached hydrogen (secondary N) is 2. The van der Waals surface area contributed by atoms with Crippen molar-refractivity contribution in [1.29, 1.82) is 0 Å². The van der Waals surface area contributed by atoms with Crippen LogP contribution in [-0.2, 0) is 11.2 Å². The number of anilines is 1. The van der Waals surface area contributed by atoms with E-state index in [0.29, 0.717) is 0 Å². The van der Waals surface area contributed by atoms with Crippen molar-refractivity contribution in [3.63, 3.8) is 0 Å². The lowest BCUT2D eigenvalue weighted by Gasteiger charge is -2.22. The SMILES string of the molecule is CCc1cc(Br)ccc1NC(=O)[C@H]1CCCNC1. The fourth-order valence-corrected chi connectivity index (χ4v) is 2.70. The maximum absolute atomic E-state index is 12.2. The summed E-state index contributed by atoms with van der Waals surface area (Å²) in [5, 5.41) is 6.33. The van der Waals surface area contributed by atoms with Gasteiger partial charge in [0.2, 0.25) is 5.91 Å². The van der Waals surface area contributed by atoms with Crippen molar-refractivity contribution < 1.29 is 4.79 Å². The number of benzene rings is 1. The number of carbonyl (C=O) groups is 1. The number of rotatable bonds is 3. The average Bonchev–Trinajstić information content (AvgIpc) is 2.41. The van der Waals surface area contributed by atoms with Crippen LogP contribution >= 0.6 is 15.9 Å². The van der Waals surface area contributed by atoms with E-state index < -0.39 is 0 Å². The Balaban J connectivity index is 2.06. The quantitative estimate of drug-likeness (QED) is 0.901. The highest BCUT2D eigenvalue weighted by molar-refractivity contribution is 9.10. The lowest BCUT2D eigenvalue weighted by atomic mass is 9.98. The van der Waals surface area contributed by atoms with Gasteiger partial charge < -0.3 is 10.6 Å². The summed E-state index contributed by atoms with van der Waals surface area (Å²) in [4.78, 5) is 12.2. The predicted molar refractivity (Wildman–Crippen MR) is 77.7 cm³/mol. The van der Waals surface area contributed by atoms with Crippen molar-refractivity contribution in [1.82, 2.24) is 5.32 Å². The van der Waals surface area contributed by atoms with Crippen molar-refractivity contribution in [3.05, 3.63) is 28.2 Å². The third kappa shape index (κ3) is 3.33. The van der Waals surface area contributed by atoms with Crippen LogP contribution in [0.15, 0.2) is 22.7 Å². The van der Waals surface area contributed by atoms with E-state index in [-0.39, 0.29) is 11.8 Å². The van der Waals surface area contributed by atoms with Crippen LogP contribution in [0.1, 0.15) is 25.3 Å². The maximum atomic E-state index is 12.2. The lowest BCUT2D eigenvalue weighted by Crippen LogP contribution is -2.37. The van der Waals surface area contributed by atoms with E-state index in [4.69, 9.17) is 0 Å². The van der Waals surface area contributed by atoms with Crippen LogP contribution in [0.5, 0.6) is 0 Å². The first kappa shape index (κ1) is 13.6. The van der Waals surface area contributed by atoms with Gasteiger partial charge in [-0.3, -0.25) is 4.79 Å². The van der Waals surface area contributed by atoms with E-state index in [9.17, 15) is 4.79 Å². The normalized spacial score (nSPS) is 19.6. The van der Waals surface area contributed by atoms with E-state index in [1.807, 2.05) is 12.1 Å². The Morgan fingerprint density at radius 2 is 2.39 bits per heavy atom. The van der Waals surface area contributed by atoms with Gasteiger partial charge >= 0.3 is 0 Å². The van der Waals surface area contributed by atoms with Crippen molar-refractivity contribution in [2.45, 2.75) is 26.2 Å². The molecule has 3 nitrogen and oxygen atoms in total. The van der Waals surface area contributed by atoms with E-state index >= 15 is 0 Å². The zero-order valence-electron chi connectivity index (χ0n) is 10.6. The number of amides is 1. The molecule has 1 aromatic carbocycles. The molecule has 4 heteroatoms. The molecule has 0 spiro atoms. The summed E-state index contributed by atoms with van der Waals surface area (Å²) in [6.45, 7) is 3.92. The Morgan fingerprint density at radius 3 is 3.06 bits per heavy atom. The van der Waals surface area contributed by atoms with Crippen LogP contribution in [0.25, 0.3) is 0 Å². The van der Waals surface area contributed by atoms with Crippen molar-refractivity contribution in [3.8, 4) is 0 Å². The minimum absolute atomic E-state index is 0.104. The first-order valence-electron chi connectivity index (χ1n) is 6.50. The second-order valence-corrected chi connectivity index (χ2v) is 5.60. The molecule has 0 unspecified atom stereocenters. The van der Waals surface area contributed by atoms with Crippen LogP contribution in [0.2, 0.25) is 0 Å². The number of aryl methyl sites for hydroxylation is 1. The molecule has 98 valence electrons. The predicted octanol–water partition coefficient (Wildman–Crippen LogP) is 2.95. The van der Waals surface area contributed by atoms with E-state index in [0.717, 1.165) is 42.5 Å². The molecule has 2 rings (SSSR count). The summed E-state index contributed by atoms with van der Waals surface area (Å²) in [7, 11) is 0. The first-order chi connectivity index (χ1) is 8.70. The van der Waals surface area contributed by atoms with Crippen LogP contribution in [0.4, 0.5) is 5.69 Å². The Kier molecular flexibility index (Phi) is 4.78. The van der Waals surface area contributed by atoms with Crippen molar-refractivity contribution >= 4 is 27.5 Å². The second kappa shape index (κ2) is 6.34. The molecule has 1 atom stereocenters. The van der Waals surface area contributed by atoms with Crippen LogP contribution in [0.3, 0.4) is 0 Å². The zero-order chi connectivity index (χ0) is 13.0. The second-order valence-electron chi connectivity index (χ2n) is 4.69. The summed E-state index contributed by atoms with van der Waals surface area (Å²) in [5.41, 5.74) is 2.11. The molecular weight excluding hydrogens is 292 g/mol. The van der Waals surface area contributed by atoms with Crippen molar-refractivity contribution in [2.75, 3.05) is 18.4 Å². The molecule has 1 aliphatic rings. The fraction of sp³-hybridized carbons (Fsp3) is 0.500. The first-order valence-corrected chi connectivity index (χ1v) is 7.30. The van der Waals surface area contributed by atoms with Gasteiger partial charge in [0.1, 0.15) is 0 Å². The standard InChI is InChI=1S/C14H19BrN2O/c1-2-10-8-12(15)5-6-13(10)17-14(18)11-4-3-7-16-9-11/h5-6,8,11,16H,2-4,7,9H2,1H3,(H,17,18)/t11-/m0/s1. The fourth-order valence-electron chi connectivity index (χ4n) is 2.29. The monoisotopic (exact) mass is 310 g/mol. The van der Waals surface area contributed by atoms with E-state index in [1.165, 1.54) is 5.56 Å². The van der Waals surface area contributed by atoms with Crippen LogP contribution < -0.4 is 10.6 Å². The molecule has 1 saturated heterocycles. The minimum Gasteiger partial charge on any atom is -0.326 e. The van der Waals surface area contributed by atoms with Gasteiger partial charge in [-0.1, -0.05) is 22.9 Å². The smallest absolute Gasteiger partial charge is 0.228 e. The van der Waals surface area contributed by atoms with Gasteiger partial charge in [-0.25, -0.2) is 0 Å². The highest BCUT2D eigenvalue weighted by Gasteiger charge is 2.21. The third-order valence-electron chi connectivity index (χ3n) is 3.37. The number of carbonyl (C=O) groups excluding carboxylic acids is 1. The van der Waals surface area contributed by atoms with Gasteiger partial charge in [-0.15, -0.1) is 0 Å². The lowest BCUT2D eigenvalue weighted by molar-refractivity contribution is -0.120. The molecule has 0 saturated carbocycles. The van der Waals surface area contributed by atoms with Gasteiger partial charge in [0.25, 0.3) is 0 Å². The van der Waals surface area contributed by atoms with Gasteiger partial charge in [-0.05, 0) is 49.6 Å². The Hall–Kier alpha value is -0.870. The van der Waals surface area contributed by atoms with Gasteiger partial charge in [0.15, 0.2) is 0 Å². The molecule has 1 aromatic rings. The summed E-state index contributed by atoms with van der Waals surface area (Å²) < 4.78 is 1.05. The molecule has 1 aliphatic heterocycles. The molecule has 1 fully saturated rings. The molecule has 18 heavy (non-hydrogen) atoms. The molecular formula is C14H19BrN2O. The highest BCUT2D eigenvalue weighted by atomic mass is 79.9. The molecule has 0 bridgehead atoms. The van der Waals surface area contributed by atoms with Crippen LogP contribution in [0, 0.1) is 5.92 Å². The summed E-state index contributed by atoms with van der Waals surface area (Å²) in [6, 6.07) is 6.00. The van der Waals surface area contributed by atoms with E-state index in [2.05, 4.69) is 39.6 Å². The molecule has 0 aliphatic carbocycles. The third-order valence-corrected chi connectivity index (χ3v) is 3.87. The largest absolute Gasteiger partial charge is 0.326 e. The van der Waals surface area contributed by atoms with Crippen molar-refractivity contribution in [2.24, 2.45) is 5.92 Å². The summed E-state index contributed by atoms with van der Waals surface area (Å²) in [6.07, 6.45) is 2.98. The average molecular weight is 311 g/mol. The number of hydrogen-bond acceptors (Lipinski definition) is 2. The summed E-state index contributed by atoms with van der Waals surface area (Å²) in [5.74, 6) is 0.242. The topological polar surface area (TPSA) is 41.1 Å². The molecule has 0 radical (unpaired) electrons. The van der Waals surface area contributed by atoms with Gasteiger partial charge in [-0.2, -0.15) is 0 Å².